The maximum Gasteiger partial charge on any atom is 0.260 e. The van der Waals surface area contributed by atoms with Crippen LogP contribution in [0.3, 0.4) is 0 Å². The van der Waals surface area contributed by atoms with Crippen LogP contribution in [0.25, 0.3) is 20.4 Å². The van der Waals surface area contributed by atoms with Crippen LogP contribution in [0, 0.1) is 13.8 Å². The van der Waals surface area contributed by atoms with Gasteiger partial charge in [0.15, 0.2) is 5.13 Å². The Kier molecular flexibility index (Phi) is 5.63. The standard InChI is InChI=1S/C22H24N4OS2/c1-14-10-18-20(11-15(14)2)29-22(24-18)26(9-5-8-25(3)4)21(27)16-6-7-17-19(12-16)28-13-23-17/h6-7,10-13H,5,8-9H2,1-4H3. The molecule has 7 heteroatoms. The molecule has 150 valence electrons. The van der Waals surface area contributed by atoms with Gasteiger partial charge in [-0.25, -0.2) is 9.97 Å². The summed E-state index contributed by atoms with van der Waals surface area (Å²) in [5, 5.41) is 0.762. The predicted molar refractivity (Wildman–Crippen MR) is 124 cm³/mol. The molecule has 0 atom stereocenters. The topological polar surface area (TPSA) is 49.3 Å². The molecule has 0 aliphatic carbocycles. The molecular formula is C22H24N4OS2. The molecule has 0 unspecified atom stereocenters. The van der Waals surface area contributed by atoms with Gasteiger partial charge in [0.1, 0.15) is 0 Å². The van der Waals surface area contributed by atoms with Gasteiger partial charge in [0.05, 0.1) is 25.9 Å². The minimum atomic E-state index is -0.00782. The first-order valence-electron chi connectivity index (χ1n) is 9.60. The van der Waals surface area contributed by atoms with E-state index >= 15 is 0 Å². The van der Waals surface area contributed by atoms with E-state index in [1.807, 2.05) is 42.7 Å². The van der Waals surface area contributed by atoms with Crippen LogP contribution in [0.4, 0.5) is 5.13 Å². The zero-order chi connectivity index (χ0) is 20.5. The van der Waals surface area contributed by atoms with Crippen LogP contribution in [0.5, 0.6) is 0 Å². The van der Waals surface area contributed by atoms with Crippen molar-refractivity contribution < 1.29 is 4.79 Å². The summed E-state index contributed by atoms with van der Waals surface area (Å²) in [6.45, 7) is 5.76. The number of benzene rings is 2. The first kappa shape index (κ1) is 19.9. The van der Waals surface area contributed by atoms with E-state index in [0.717, 1.165) is 38.5 Å². The van der Waals surface area contributed by atoms with Crippen LogP contribution in [0.1, 0.15) is 27.9 Å². The molecule has 5 nitrogen and oxygen atoms in total. The quantitative estimate of drug-likeness (QED) is 0.431. The van der Waals surface area contributed by atoms with Crippen molar-refractivity contribution in [3.8, 4) is 0 Å². The van der Waals surface area contributed by atoms with E-state index in [1.54, 1.807) is 22.7 Å². The molecule has 2 heterocycles. The number of thiazole rings is 2. The average Bonchev–Trinajstić information content (AvgIpc) is 3.30. The molecule has 0 aliphatic heterocycles. The molecule has 2 aromatic heterocycles. The van der Waals surface area contributed by atoms with Gasteiger partial charge >= 0.3 is 0 Å². The third-order valence-electron chi connectivity index (χ3n) is 5.03. The van der Waals surface area contributed by atoms with Gasteiger partial charge in [0.2, 0.25) is 0 Å². The maximum absolute atomic E-state index is 13.5. The number of carbonyl (C=O) groups excluding carboxylic acids is 1. The first-order chi connectivity index (χ1) is 13.9. The number of aromatic nitrogens is 2. The third kappa shape index (κ3) is 4.17. The number of amides is 1. The van der Waals surface area contributed by atoms with Gasteiger partial charge in [-0.2, -0.15) is 0 Å². The number of hydrogen-bond acceptors (Lipinski definition) is 6. The van der Waals surface area contributed by atoms with Gasteiger partial charge in [-0.1, -0.05) is 11.3 Å². The smallest absolute Gasteiger partial charge is 0.260 e. The van der Waals surface area contributed by atoms with Crippen molar-refractivity contribution in [1.29, 1.82) is 0 Å². The Labute approximate surface area is 178 Å². The molecular weight excluding hydrogens is 400 g/mol. The second-order valence-electron chi connectivity index (χ2n) is 7.55. The van der Waals surface area contributed by atoms with E-state index in [2.05, 4.69) is 35.9 Å². The summed E-state index contributed by atoms with van der Waals surface area (Å²) in [6, 6.07) is 10.00. The molecule has 0 bridgehead atoms. The van der Waals surface area contributed by atoms with E-state index in [0.29, 0.717) is 12.1 Å². The van der Waals surface area contributed by atoms with Crippen LogP contribution in [-0.4, -0.2) is 48.0 Å². The van der Waals surface area contributed by atoms with Gasteiger partial charge in [-0.05, 0) is 82.4 Å². The number of rotatable bonds is 6. The summed E-state index contributed by atoms with van der Waals surface area (Å²) in [7, 11) is 4.10. The Morgan fingerprint density at radius 1 is 1.00 bits per heavy atom. The highest BCUT2D eigenvalue weighted by molar-refractivity contribution is 7.22. The van der Waals surface area contributed by atoms with Gasteiger partial charge in [0, 0.05) is 12.1 Å². The van der Waals surface area contributed by atoms with Crippen molar-refractivity contribution in [2.75, 3.05) is 32.1 Å². The van der Waals surface area contributed by atoms with Crippen LogP contribution >= 0.6 is 22.7 Å². The summed E-state index contributed by atoms with van der Waals surface area (Å²) in [5.74, 6) is -0.00782. The number of aryl methyl sites for hydroxylation is 2. The normalized spacial score (nSPS) is 11.6. The Hall–Kier alpha value is -2.35. The highest BCUT2D eigenvalue weighted by Crippen LogP contribution is 2.32. The van der Waals surface area contributed by atoms with E-state index < -0.39 is 0 Å². The summed E-state index contributed by atoms with van der Waals surface area (Å²) in [6.07, 6.45) is 0.884. The Morgan fingerprint density at radius 2 is 1.79 bits per heavy atom. The number of anilines is 1. The van der Waals surface area contributed by atoms with Gasteiger partial charge in [-0.3, -0.25) is 9.69 Å². The van der Waals surface area contributed by atoms with Crippen LogP contribution in [0.15, 0.2) is 35.8 Å². The fourth-order valence-corrected chi connectivity index (χ4v) is 5.04. The minimum absolute atomic E-state index is 0.00782. The summed E-state index contributed by atoms with van der Waals surface area (Å²) in [5.41, 5.74) is 6.84. The van der Waals surface area contributed by atoms with Crippen LogP contribution in [0.2, 0.25) is 0 Å². The molecule has 0 aliphatic rings. The lowest BCUT2D eigenvalue weighted by atomic mass is 10.1. The molecule has 4 rings (SSSR count). The first-order valence-corrected chi connectivity index (χ1v) is 11.3. The van der Waals surface area contributed by atoms with Gasteiger partial charge in [0.25, 0.3) is 5.91 Å². The molecule has 0 saturated carbocycles. The summed E-state index contributed by atoms with van der Waals surface area (Å²) in [4.78, 5) is 26.6. The lowest BCUT2D eigenvalue weighted by Gasteiger charge is -2.21. The lowest BCUT2D eigenvalue weighted by molar-refractivity contribution is 0.0986. The van der Waals surface area contributed by atoms with Crippen molar-refractivity contribution in [2.45, 2.75) is 20.3 Å². The highest BCUT2D eigenvalue weighted by atomic mass is 32.1. The fraction of sp³-hybridized carbons (Fsp3) is 0.318. The van der Waals surface area contributed by atoms with E-state index in [-0.39, 0.29) is 5.91 Å². The van der Waals surface area contributed by atoms with Gasteiger partial charge < -0.3 is 4.90 Å². The van der Waals surface area contributed by atoms with Crippen molar-refractivity contribution in [3.63, 3.8) is 0 Å². The zero-order valence-corrected chi connectivity index (χ0v) is 18.7. The number of fused-ring (bicyclic) bond motifs is 2. The minimum Gasteiger partial charge on any atom is -0.309 e. The summed E-state index contributed by atoms with van der Waals surface area (Å²) >= 11 is 3.14. The lowest BCUT2D eigenvalue weighted by Crippen LogP contribution is -2.33. The second kappa shape index (κ2) is 8.18. The second-order valence-corrected chi connectivity index (χ2v) is 9.44. The van der Waals surface area contributed by atoms with E-state index in [9.17, 15) is 4.79 Å². The molecule has 1 amide bonds. The molecule has 29 heavy (non-hydrogen) atoms. The zero-order valence-electron chi connectivity index (χ0n) is 17.1. The Bertz CT molecular complexity index is 1140. The predicted octanol–water partition coefficient (Wildman–Crippen LogP) is 5.12. The largest absolute Gasteiger partial charge is 0.309 e. The SMILES string of the molecule is Cc1cc2nc(N(CCCN(C)C)C(=O)c3ccc4ncsc4c3)sc2cc1C. The van der Waals surface area contributed by atoms with Crippen LogP contribution < -0.4 is 4.90 Å². The summed E-state index contributed by atoms with van der Waals surface area (Å²) < 4.78 is 2.14. The van der Waals surface area contributed by atoms with Crippen molar-refractivity contribution in [2.24, 2.45) is 0 Å². The molecule has 4 aromatic rings. The molecule has 0 fully saturated rings. The van der Waals surface area contributed by atoms with Crippen LogP contribution in [-0.2, 0) is 0 Å². The maximum atomic E-state index is 13.5. The number of nitrogens with zero attached hydrogens (tertiary/aromatic N) is 4. The molecule has 0 spiro atoms. The van der Waals surface area contributed by atoms with Gasteiger partial charge in [-0.15, -0.1) is 11.3 Å². The van der Waals surface area contributed by atoms with Crippen molar-refractivity contribution in [1.82, 2.24) is 14.9 Å². The van der Waals surface area contributed by atoms with E-state index in [4.69, 9.17) is 4.98 Å². The molecule has 0 N–H and O–H groups in total. The highest BCUT2D eigenvalue weighted by Gasteiger charge is 2.22. The average molecular weight is 425 g/mol. The van der Waals surface area contributed by atoms with Crippen molar-refractivity contribution >= 4 is 54.1 Å². The Morgan fingerprint density at radius 3 is 2.59 bits per heavy atom. The number of hydrogen-bond donors (Lipinski definition) is 0. The van der Waals surface area contributed by atoms with Crippen molar-refractivity contribution in [3.05, 3.63) is 52.5 Å². The molecule has 0 saturated heterocycles. The molecule has 2 aromatic carbocycles. The fourth-order valence-electron chi connectivity index (χ4n) is 3.26. The third-order valence-corrected chi connectivity index (χ3v) is 6.87. The van der Waals surface area contributed by atoms with E-state index in [1.165, 1.54) is 11.1 Å². The molecule has 0 radical (unpaired) electrons. The monoisotopic (exact) mass is 424 g/mol. The Balaban J connectivity index is 1.71. The number of carbonyl (C=O) groups is 1.